The Morgan fingerprint density at radius 2 is 1.54 bits per heavy atom. The molecule has 0 spiro atoms. The van der Waals surface area contributed by atoms with E-state index in [1.807, 2.05) is 49.4 Å². The molecule has 0 aliphatic carbocycles. The van der Waals surface area contributed by atoms with Crippen LogP contribution in [0, 0.1) is 0 Å². The normalized spacial score (nSPS) is 11.1. The lowest BCUT2D eigenvalue weighted by Crippen LogP contribution is -2.19. The number of carbonyl (C=O) groups is 1. The van der Waals surface area contributed by atoms with Gasteiger partial charge in [0.25, 0.3) is 5.91 Å². The van der Waals surface area contributed by atoms with Crippen molar-refractivity contribution >= 4 is 11.6 Å². The summed E-state index contributed by atoms with van der Waals surface area (Å²) in [6.45, 7) is 1.86. The predicted octanol–water partition coefficient (Wildman–Crippen LogP) is 4.52. The van der Waals surface area contributed by atoms with Crippen LogP contribution in [-0.4, -0.2) is 18.7 Å². The Bertz CT molecular complexity index is 916. The van der Waals surface area contributed by atoms with Crippen LogP contribution in [0.3, 0.4) is 0 Å². The minimum atomic E-state index is -0.274. The van der Waals surface area contributed by atoms with E-state index in [-0.39, 0.29) is 5.91 Å². The van der Waals surface area contributed by atoms with Crippen LogP contribution in [0.2, 0.25) is 0 Å². The zero-order valence-electron chi connectivity index (χ0n) is 14.8. The number of rotatable bonds is 5. The molecule has 0 saturated carbocycles. The molecule has 3 rings (SSSR count). The average Bonchev–Trinajstić information content (AvgIpc) is 2.72. The Hall–Kier alpha value is -3.40. The van der Waals surface area contributed by atoms with Crippen molar-refractivity contribution in [3.63, 3.8) is 0 Å². The molecule has 3 aromatic carbocycles. The first-order valence-corrected chi connectivity index (χ1v) is 8.32. The summed E-state index contributed by atoms with van der Waals surface area (Å²) in [5.41, 5.74) is 7.09. The van der Waals surface area contributed by atoms with Gasteiger partial charge in [0.15, 0.2) is 0 Å². The van der Waals surface area contributed by atoms with Gasteiger partial charge in [-0.25, -0.2) is 5.43 Å². The highest BCUT2D eigenvalue weighted by atomic mass is 16.5. The molecule has 4 nitrogen and oxygen atoms in total. The van der Waals surface area contributed by atoms with Gasteiger partial charge in [-0.15, -0.1) is 0 Å². The maximum Gasteiger partial charge on any atom is 0.271 e. The summed E-state index contributed by atoms with van der Waals surface area (Å²) in [6.07, 6.45) is 0. The Morgan fingerprint density at radius 1 is 0.846 bits per heavy atom. The van der Waals surface area contributed by atoms with Gasteiger partial charge < -0.3 is 4.74 Å². The second-order valence-electron chi connectivity index (χ2n) is 5.81. The molecule has 4 heteroatoms. The molecule has 0 unspecified atom stereocenters. The van der Waals surface area contributed by atoms with Crippen LogP contribution in [-0.2, 0) is 0 Å². The van der Waals surface area contributed by atoms with Crippen molar-refractivity contribution in [3.8, 4) is 16.9 Å². The first-order valence-electron chi connectivity index (χ1n) is 8.32. The minimum Gasteiger partial charge on any atom is -0.497 e. The van der Waals surface area contributed by atoms with E-state index in [2.05, 4.69) is 22.7 Å². The lowest BCUT2D eigenvalue weighted by molar-refractivity contribution is 0.0954. The quantitative estimate of drug-likeness (QED) is 0.547. The molecule has 3 aromatic rings. The van der Waals surface area contributed by atoms with Crippen LogP contribution >= 0.6 is 0 Å². The van der Waals surface area contributed by atoms with Crippen LogP contribution in [0.5, 0.6) is 5.75 Å². The van der Waals surface area contributed by atoms with Crippen LogP contribution < -0.4 is 10.2 Å². The smallest absolute Gasteiger partial charge is 0.271 e. The number of benzene rings is 3. The standard InChI is InChI=1S/C22H20N2O2/c1-16(23-24-22(25)20-9-6-10-21(15-20)26-2)17-11-13-19(14-12-17)18-7-4-3-5-8-18/h3-15H,1-2H3,(H,24,25). The van der Waals surface area contributed by atoms with Crippen molar-refractivity contribution in [3.05, 3.63) is 90.0 Å². The number of hydrogen-bond acceptors (Lipinski definition) is 3. The number of hydrogen-bond donors (Lipinski definition) is 1. The van der Waals surface area contributed by atoms with Gasteiger partial charge in [-0.2, -0.15) is 5.10 Å². The second-order valence-corrected chi connectivity index (χ2v) is 5.81. The molecule has 1 amide bonds. The number of ether oxygens (including phenoxy) is 1. The van der Waals surface area contributed by atoms with Gasteiger partial charge in [0, 0.05) is 5.56 Å². The second kappa shape index (κ2) is 8.12. The van der Waals surface area contributed by atoms with E-state index in [1.54, 1.807) is 31.4 Å². The third-order valence-electron chi connectivity index (χ3n) is 4.07. The molecular weight excluding hydrogens is 324 g/mol. The van der Waals surface area contributed by atoms with Gasteiger partial charge in [-0.3, -0.25) is 4.79 Å². The first-order chi connectivity index (χ1) is 12.7. The summed E-state index contributed by atoms with van der Waals surface area (Å²) < 4.78 is 5.13. The fourth-order valence-corrected chi connectivity index (χ4v) is 2.56. The predicted molar refractivity (Wildman–Crippen MR) is 105 cm³/mol. The van der Waals surface area contributed by atoms with E-state index in [4.69, 9.17) is 4.74 Å². The Morgan fingerprint density at radius 3 is 2.23 bits per heavy atom. The SMILES string of the molecule is COc1cccc(C(=O)NN=C(C)c2ccc(-c3ccccc3)cc2)c1. The van der Waals surface area contributed by atoms with Crippen LogP contribution in [0.1, 0.15) is 22.8 Å². The lowest BCUT2D eigenvalue weighted by Gasteiger charge is -2.06. The minimum absolute atomic E-state index is 0.274. The molecule has 0 bridgehead atoms. The Labute approximate surface area is 153 Å². The summed E-state index contributed by atoms with van der Waals surface area (Å²) in [6, 6.07) is 25.2. The number of nitrogens with zero attached hydrogens (tertiary/aromatic N) is 1. The van der Waals surface area contributed by atoms with E-state index in [9.17, 15) is 4.79 Å². The number of hydrazone groups is 1. The van der Waals surface area contributed by atoms with Crippen molar-refractivity contribution in [1.82, 2.24) is 5.43 Å². The first kappa shape index (κ1) is 17.4. The van der Waals surface area contributed by atoms with E-state index >= 15 is 0 Å². The van der Waals surface area contributed by atoms with Gasteiger partial charge in [0.1, 0.15) is 5.75 Å². The zero-order valence-corrected chi connectivity index (χ0v) is 14.8. The summed E-state index contributed by atoms with van der Waals surface area (Å²) in [4.78, 5) is 12.2. The molecule has 0 heterocycles. The Kier molecular flexibility index (Phi) is 5.44. The van der Waals surface area contributed by atoms with Crippen LogP contribution in [0.25, 0.3) is 11.1 Å². The highest BCUT2D eigenvalue weighted by Gasteiger charge is 2.06. The van der Waals surface area contributed by atoms with Crippen molar-refractivity contribution in [2.24, 2.45) is 5.10 Å². The average molecular weight is 344 g/mol. The summed E-state index contributed by atoms with van der Waals surface area (Å²) in [5.74, 6) is 0.360. The molecule has 0 saturated heterocycles. The van der Waals surface area contributed by atoms with Crippen LogP contribution in [0.4, 0.5) is 0 Å². The highest BCUT2D eigenvalue weighted by molar-refractivity contribution is 6.01. The molecule has 0 fully saturated rings. The van der Waals surface area contributed by atoms with Gasteiger partial charge in [-0.05, 0) is 41.8 Å². The molecule has 26 heavy (non-hydrogen) atoms. The van der Waals surface area contributed by atoms with Crippen molar-refractivity contribution in [1.29, 1.82) is 0 Å². The lowest BCUT2D eigenvalue weighted by atomic mass is 10.0. The summed E-state index contributed by atoms with van der Waals surface area (Å²) in [5, 5.41) is 4.20. The molecule has 0 radical (unpaired) electrons. The van der Waals surface area contributed by atoms with Gasteiger partial charge in [0.05, 0.1) is 12.8 Å². The topological polar surface area (TPSA) is 50.7 Å². The van der Waals surface area contributed by atoms with E-state index in [1.165, 1.54) is 5.56 Å². The molecule has 0 aliphatic heterocycles. The van der Waals surface area contributed by atoms with Gasteiger partial charge in [-0.1, -0.05) is 60.7 Å². The Balaban J connectivity index is 1.70. The van der Waals surface area contributed by atoms with Crippen LogP contribution in [0.15, 0.2) is 84.0 Å². The highest BCUT2D eigenvalue weighted by Crippen LogP contribution is 2.19. The molecule has 0 aliphatic rings. The fraction of sp³-hybridized carbons (Fsp3) is 0.0909. The third-order valence-corrected chi connectivity index (χ3v) is 4.07. The summed E-state index contributed by atoms with van der Waals surface area (Å²) in [7, 11) is 1.57. The number of nitrogens with one attached hydrogen (secondary N) is 1. The van der Waals surface area contributed by atoms with Gasteiger partial charge >= 0.3 is 0 Å². The largest absolute Gasteiger partial charge is 0.497 e. The van der Waals surface area contributed by atoms with Crippen molar-refractivity contribution < 1.29 is 9.53 Å². The molecule has 1 N–H and O–H groups in total. The van der Waals surface area contributed by atoms with E-state index < -0.39 is 0 Å². The molecular formula is C22H20N2O2. The number of amides is 1. The molecule has 130 valence electrons. The van der Waals surface area contributed by atoms with Crippen molar-refractivity contribution in [2.75, 3.05) is 7.11 Å². The maximum atomic E-state index is 12.2. The van der Waals surface area contributed by atoms with Gasteiger partial charge in [0.2, 0.25) is 0 Å². The van der Waals surface area contributed by atoms with E-state index in [0.717, 1.165) is 16.8 Å². The number of carbonyl (C=O) groups excluding carboxylic acids is 1. The summed E-state index contributed by atoms with van der Waals surface area (Å²) >= 11 is 0. The molecule has 0 aromatic heterocycles. The van der Waals surface area contributed by atoms with E-state index in [0.29, 0.717) is 11.3 Å². The van der Waals surface area contributed by atoms with Crippen molar-refractivity contribution in [2.45, 2.75) is 6.92 Å². The third kappa shape index (κ3) is 4.16. The number of methoxy groups -OCH3 is 1. The molecule has 0 atom stereocenters. The monoisotopic (exact) mass is 344 g/mol. The maximum absolute atomic E-state index is 12.2. The zero-order chi connectivity index (χ0) is 18.4. The fourth-order valence-electron chi connectivity index (χ4n) is 2.56.